The van der Waals surface area contributed by atoms with Gasteiger partial charge in [-0.25, -0.2) is 8.42 Å². The number of nitrogens with one attached hydrogen (secondary N) is 1. The molecule has 0 unspecified atom stereocenters. The largest absolute Gasteiger partial charge is 0.365 e. The summed E-state index contributed by atoms with van der Waals surface area (Å²) in [6, 6.07) is 5.18. The van der Waals surface area contributed by atoms with Crippen LogP contribution in [-0.2, 0) is 22.9 Å². The lowest BCUT2D eigenvalue weighted by Gasteiger charge is -2.18. The van der Waals surface area contributed by atoms with Crippen LogP contribution in [0.1, 0.15) is 45.3 Å². The lowest BCUT2D eigenvalue weighted by Crippen LogP contribution is -2.20. The highest BCUT2D eigenvalue weighted by Crippen LogP contribution is 2.40. The third-order valence-corrected chi connectivity index (χ3v) is 7.41. The molecular weight excluding hydrogens is 356 g/mol. The van der Waals surface area contributed by atoms with Crippen LogP contribution in [0.4, 0.5) is 5.00 Å². The van der Waals surface area contributed by atoms with Crippen LogP contribution in [0.2, 0.25) is 0 Å². The number of hydrogen-bond acceptors (Lipinski definition) is 4. The molecule has 1 heterocycles. The maximum Gasteiger partial charge on any atom is 0.262 e. The number of hydrogen-bond donors (Lipinski definition) is 2. The Morgan fingerprint density at radius 1 is 1.32 bits per heavy atom. The predicted octanol–water partition coefficient (Wildman–Crippen LogP) is 3.39. The van der Waals surface area contributed by atoms with Crippen LogP contribution in [0, 0.1) is 19.8 Å². The van der Waals surface area contributed by atoms with Crippen LogP contribution < -0.4 is 10.5 Å². The second-order valence-corrected chi connectivity index (χ2v) is 9.55. The molecule has 1 aromatic carbocycles. The molecule has 0 radical (unpaired) electrons. The number of rotatable bonds is 4. The van der Waals surface area contributed by atoms with Crippen LogP contribution in [-0.4, -0.2) is 14.3 Å². The number of carbonyl (C=O) groups is 1. The number of aryl methyl sites for hydroxylation is 2. The summed E-state index contributed by atoms with van der Waals surface area (Å²) in [6.45, 7) is 5.83. The molecule has 1 amide bonds. The van der Waals surface area contributed by atoms with Crippen LogP contribution in [0.3, 0.4) is 0 Å². The maximum absolute atomic E-state index is 12.8. The van der Waals surface area contributed by atoms with Gasteiger partial charge in [-0.2, -0.15) is 0 Å². The molecule has 1 aromatic heterocycles. The number of fused-ring (bicyclic) bond motifs is 1. The third-order valence-electron chi connectivity index (χ3n) is 4.61. The molecule has 3 N–H and O–H groups in total. The fourth-order valence-corrected chi connectivity index (χ4v) is 6.31. The van der Waals surface area contributed by atoms with Gasteiger partial charge in [0.25, 0.3) is 15.9 Å². The van der Waals surface area contributed by atoms with Gasteiger partial charge in [-0.05, 0) is 56.2 Å². The molecule has 0 aliphatic heterocycles. The summed E-state index contributed by atoms with van der Waals surface area (Å²) in [5, 5.41) is 0.339. The Morgan fingerprint density at radius 2 is 2.04 bits per heavy atom. The summed E-state index contributed by atoms with van der Waals surface area (Å²) in [4.78, 5) is 13.2. The monoisotopic (exact) mass is 378 g/mol. The van der Waals surface area contributed by atoms with Crippen molar-refractivity contribution in [3.05, 3.63) is 45.3 Å². The molecule has 0 spiro atoms. The minimum Gasteiger partial charge on any atom is -0.365 e. The normalized spacial score (nSPS) is 17.2. The summed E-state index contributed by atoms with van der Waals surface area (Å²) < 4.78 is 28.3. The average molecular weight is 379 g/mol. The summed E-state index contributed by atoms with van der Waals surface area (Å²) in [5.74, 6) is -0.0546. The summed E-state index contributed by atoms with van der Waals surface area (Å²) in [6.07, 6.45) is 2.59. The number of benzene rings is 1. The van der Waals surface area contributed by atoms with Crippen molar-refractivity contribution in [1.29, 1.82) is 0 Å². The van der Waals surface area contributed by atoms with Crippen molar-refractivity contribution in [1.82, 2.24) is 0 Å². The highest BCUT2D eigenvalue weighted by molar-refractivity contribution is 7.93. The number of primary amides is 1. The van der Waals surface area contributed by atoms with Crippen molar-refractivity contribution >= 4 is 32.3 Å². The Bertz CT molecular complexity index is 945. The minimum absolute atomic E-state index is 0.216. The van der Waals surface area contributed by atoms with Crippen molar-refractivity contribution in [2.75, 3.05) is 4.72 Å². The molecule has 1 atom stereocenters. The predicted molar refractivity (Wildman–Crippen MR) is 101 cm³/mol. The van der Waals surface area contributed by atoms with Gasteiger partial charge in [0.1, 0.15) is 5.00 Å². The van der Waals surface area contributed by atoms with Crippen molar-refractivity contribution < 1.29 is 13.2 Å². The number of amides is 1. The van der Waals surface area contributed by atoms with E-state index >= 15 is 0 Å². The summed E-state index contributed by atoms with van der Waals surface area (Å²) in [7, 11) is -3.78. The number of thiophene rings is 1. The molecule has 7 heteroatoms. The first-order chi connectivity index (χ1) is 11.7. The molecular formula is C18H22N2O3S2. The van der Waals surface area contributed by atoms with E-state index in [1.165, 1.54) is 11.3 Å². The zero-order valence-electron chi connectivity index (χ0n) is 14.5. The molecule has 5 nitrogen and oxygen atoms in total. The molecule has 0 bridgehead atoms. The third kappa shape index (κ3) is 3.43. The lowest BCUT2D eigenvalue weighted by molar-refractivity contribution is 0.100. The zero-order chi connectivity index (χ0) is 18.4. The van der Waals surface area contributed by atoms with E-state index in [1.807, 2.05) is 13.0 Å². The second kappa shape index (κ2) is 6.46. The number of carbonyl (C=O) groups excluding carboxylic acids is 1. The molecule has 0 fully saturated rings. The summed E-state index contributed by atoms with van der Waals surface area (Å²) in [5.41, 5.74) is 8.47. The van der Waals surface area contributed by atoms with E-state index in [4.69, 9.17) is 5.73 Å². The Kier molecular flexibility index (Phi) is 4.64. The van der Waals surface area contributed by atoms with Gasteiger partial charge in [0.2, 0.25) is 0 Å². The fourth-order valence-electron chi connectivity index (χ4n) is 3.36. The molecule has 25 heavy (non-hydrogen) atoms. The Hall–Kier alpha value is -1.86. The summed E-state index contributed by atoms with van der Waals surface area (Å²) >= 11 is 1.33. The second-order valence-electron chi connectivity index (χ2n) is 6.79. The van der Waals surface area contributed by atoms with Crippen LogP contribution in [0.25, 0.3) is 0 Å². The van der Waals surface area contributed by atoms with Crippen molar-refractivity contribution in [2.24, 2.45) is 11.7 Å². The van der Waals surface area contributed by atoms with Crippen molar-refractivity contribution in [2.45, 2.75) is 44.9 Å². The van der Waals surface area contributed by atoms with Gasteiger partial charge >= 0.3 is 0 Å². The van der Waals surface area contributed by atoms with Gasteiger partial charge in [-0.15, -0.1) is 11.3 Å². The number of sulfonamides is 1. The first-order valence-corrected chi connectivity index (χ1v) is 10.5. The number of anilines is 1. The molecule has 1 aliphatic carbocycles. The smallest absolute Gasteiger partial charge is 0.262 e. The van der Waals surface area contributed by atoms with E-state index in [1.54, 1.807) is 19.1 Å². The van der Waals surface area contributed by atoms with Gasteiger partial charge in [0.15, 0.2) is 0 Å². The van der Waals surface area contributed by atoms with Crippen molar-refractivity contribution in [3.63, 3.8) is 0 Å². The van der Waals surface area contributed by atoms with Gasteiger partial charge in [0, 0.05) is 4.88 Å². The van der Waals surface area contributed by atoms with Gasteiger partial charge in [0.05, 0.1) is 10.5 Å². The van der Waals surface area contributed by atoms with Crippen molar-refractivity contribution in [3.8, 4) is 0 Å². The average Bonchev–Trinajstić information content (AvgIpc) is 2.82. The lowest BCUT2D eigenvalue weighted by atomic mass is 9.88. The highest BCUT2D eigenvalue weighted by Gasteiger charge is 2.29. The van der Waals surface area contributed by atoms with E-state index in [0.29, 0.717) is 22.0 Å². The Labute approximate surface area is 152 Å². The zero-order valence-corrected chi connectivity index (χ0v) is 16.2. The van der Waals surface area contributed by atoms with Crippen LogP contribution in [0.5, 0.6) is 0 Å². The van der Waals surface area contributed by atoms with E-state index in [0.717, 1.165) is 35.3 Å². The Morgan fingerprint density at radius 3 is 2.68 bits per heavy atom. The molecule has 3 rings (SSSR count). The van der Waals surface area contributed by atoms with Gasteiger partial charge < -0.3 is 5.73 Å². The van der Waals surface area contributed by atoms with E-state index in [-0.39, 0.29) is 4.90 Å². The fraction of sp³-hybridized carbons (Fsp3) is 0.389. The molecule has 134 valence electrons. The van der Waals surface area contributed by atoms with Gasteiger partial charge in [-0.1, -0.05) is 24.6 Å². The van der Waals surface area contributed by atoms with E-state index < -0.39 is 15.9 Å². The molecule has 0 saturated carbocycles. The van der Waals surface area contributed by atoms with Gasteiger partial charge in [-0.3, -0.25) is 9.52 Å². The SMILES string of the molecule is Cc1ccc(S(=O)(=O)Nc2sc3c(c2C(N)=O)CC[C@H](C)C3)c(C)c1. The standard InChI is InChI=1S/C18H22N2O3S2/c1-10-5-7-15(12(3)8-10)25(22,23)20-18-16(17(19)21)13-6-4-11(2)9-14(13)24-18/h5,7-8,11,20H,4,6,9H2,1-3H3,(H2,19,21)/t11-/m0/s1. The highest BCUT2D eigenvalue weighted by atomic mass is 32.2. The van der Waals surface area contributed by atoms with Crippen LogP contribution in [0.15, 0.2) is 23.1 Å². The Balaban J connectivity index is 2.04. The number of nitrogens with two attached hydrogens (primary N) is 1. The molecule has 1 aliphatic rings. The maximum atomic E-state index is 12.8. The van der Waals surface area contributed by atoms with E-state index in [2.05, 4.69) is 11.6 Å². The molecule has 2 aromatic rings. The topological polar surface area (TPSA) is 89.3 Å². The minimum atomic E-state index is -3.78. The quantitative estimate of drug-likeness (QED) is 0.854. The first kappa shape index (κ1) is 17.9. The first-order valence-electron chi connectivity index (χ1n) is 8.23. The van der Waals surface area contributed by atoms with E-state index in [9.17, 15) is 13.2 Å². The molecule has 0 saturated heterocycles. The van der Waals surface area contributed by atoms with Crippen LogP contribution >= 0.6 is 11.3 Å².